The van der Waals surface area contributed by atoms with Crippen molar-refractivity contribution in [3.8, 4) is 0 Å². The van der Waals surface area contributed by atoms with Crippen molar-refractivity contribution in [3.05, 3.63) is 0 Å². The molecule has 0 aromatic carbocycles. The molecule has 0 rings (SSSR count). The fourth-order valence-electron chi connectivity index (χ4n) is 4.94. The van der Waals surface area contributed by atoms with Gasteiger partial charge in [-0.25, -0.2) is 0 Å². The maximum atomic E-state index is 10.1. The molecule has 0 spiro atoms. The maximum absolute atomic E-state index is 10.1. The van der Waals surface area contributed by atoms with Gasteiger partial charge in [0, 0.05) is 17.9 Å². The van der Waals surface area contributed by atoms with E-state index in [9.17, 15) is 29.7 Å². The summed E-state index contributed by atoms with van der Waals surface area (Å²) in [5, 5.41) is 30.1. The van der Waals surface area contributed by atoms with Gasteiger partial charge in [0.05, 0.1) is 0 Å². The van der Waals surface area contributed by atoms with E-state index in [1.165, 1.54) is 146 Å². The molecule has 0 aliphatic rings. The summed E-state index contributed by atoms with van der Waals surface area (Å²) in [7, 11) is 0. The van der Waals surface area contributed by atoms with Crippen LogP contribution in [0.4, 0.5) is 0 Å². The SMILES string of the molecule is CCCCCCCC(=O)[O-].CCCCCCCCCCCC(=O)[O-].CCCCCCCCCCCC(=O)[O-].CCCCCCC[CH2][Sn+3]. The molecule has 0 saturated heterocycles. The first-order valence-corrected chi connectivity index (χ1v) is 22.0. The monoisotopic (exact) mass is 774 g/mol. The second-order valence-corrected chi connectivity index (χ2v) is 14.4. The predicted octanol–water partition coefficient (Wildman–Crippen LogP) is 9.34. The molecule has 0 N–H and O–H groups in total. The van der Waals surface area contributed by atoms with Crippen LogP contribution >= 0.6 is 0 Å². The summed E-state index contributed by atoms with van der Waals surface area (Å²) in [6.07, 6.45) is 36.6. The second-order valence-electron chi connectivity index (χ2n) is 13.0. The molecule has 278 valence electrons. The van der Waals surface area contributed by atoms with E-state index in [4.69, 9.17) is 0 Å². The number of carboxylic acid groups (broad SMARTS) is 3. The predicted molar refractivity (Wildman–Crippen MR) is 196 cm³/mol. The van der Waals surface area contributed by atoms with Crippen molar-refractivity contribution in [2.75, 3.05) is 0 Å². The first kappa shape index (κ1) is 53.0. The van der Waals surface area contributed by atoms with Gasteiger partial charge in [-0.05, 0) is 38.5 Å². The summed E-state index contributed by atoms with van der Waals surface area (Å²) < 4.78 is 1.46. The third kappa shape index (κ3) is 72.1. The van der Waals surface area contributed by atoms with E-state index in [1.54, 1.807) is 22.5 Å². The van der Waals surface area contributed by atoms with E-state index in [2.05, 4.69) is 27.7 Å². The van der Waals surface area contributed by atoms with Crippen molar-refractivity contribution >= 4 is 40.4 Å². The van der Waals surface area contributed by atoms with E-state index < -0.39 is 17.9 Å². The Morgan fingerprint density at radius 1 is 0.319 bits per heavy atom. The Morgan fingerprint density at radius 3 is 0.660 bits per heavy atom. The molecule has 7 heteroatoms. The molecule has 0 aliphatic heterocycles. The summed E-state index contributed by atoms with van der Waals surface area (Å²) in [6, 6.07) is 0. The first-order valence-electron chi connectivity index (χ1n) is 20.0. The van der Waals surface area contributed by atoms with E-state index in [0.29, 0.717) is 0 Å². The second kappa shape index (κ2) is 52.0. The van der Waals surface area contributed by atoms with Crippen molar-refractivity contribution in [1.82, 2.24) is 0 Å². The van der Waals surface area contributed by atoms with Gasteiger partial charge in [0.15, 0.2) is 0 Å². The Bertz CT molecular complexity index is 561. The van der Waals surface area contributed by atoms with Crippen LogP contribution in [-0.2, 0) is 14.4 Å². The summed E-state index contributed by atoms with van der Waals surface area (Å²) in [5.74, 6) is -2.74. The molecule has 47 heavy (non-hydrogen) atoms. The van der Waals surface area contributed by atoms with E-state index in [-0.39, 0.29) is 19.3 Å². The summed E-state index contributed by atoms with van der Waals surface area (Å²) in [5.41, 5.74) is 0. The third-order valence-corrected chi connectivity index (χ3v) is 8.99. The molecular formula is C40H78O6Sn. The van der Waals surface area contributed by atoms with Gasteiger partial charge < -0.3 is 29.7 Å². The average molecular weight is 774 g/mol. The van der Waals surface area contributed by atoms with Crippen LogP contribution in [0.15, 0.2) is 0 Å². The number of unbranched alkanes of at least 4 members (excludes halogenated alkanes) is 25. The van der Waals surface area contributed by atoms with Crippen LogP contribution in [0.2, 0.25) is 4.44 Å². The quantitative estimate of drug-likeness (QED) is 0.0497. The Morgan fingerprint density at radius 2 is 0.489 bits per heavy atom. The zero-order chi connectivity index (χ0) is 36.1. The molecule has 0 bridgehead atoms. The number of carboxylic acids is 3. The van der Waals surface area contributed by atoms with E-state index in [1.807, 2.05) is 0 Å². The van der Waals surface area contributed by atoms with Crippen LogP contribution in [0.25, 0.3) is 0 Å². The van der Waals surface area contributed by atoms with Gasteiger partial charge in [0.1, 0.15) is 0 Å². The van der Waals surface area contributed by atoms with Crippen LogP contribution in [0, 0.1) is 0 Å². The number of carbonyl (C=O) groups excluding carboxylic acids is 3. The molecule has 0 heterocycles. The van der Waals surface area contributed by atoms with Crippen LogP contribution in [0.3, 0.4) is 0 Å². The number of aliphatic carboxylic acids is 3. The Hall–Kier alpha value is -0.791. The number of carbonyl (C=O) groups is 3. The minimum atomic E-state index is -0.920. The standard InChI is InChI=1S/2C12H24O2.C8H16O2.C8H17.Sn/c2*1-2-3-4-5-6-7-8-9-10-11-12(13)14;1-2-3-4-5-6-7-8(9)10;1-3-5-7-8-6-4-2;/h2*2-11H2,1H3,(H,13,14);2-7H2,1H3,(H,9,10);1,3-8H2,2H3;/q;;;;+3/p-3. The third-order valence-electron chi connectivity index (χ3n) is 7.98. The topological polar surface area (TPSA) is 120 Å². The van der Waals surface area contributed by atoms with Gasteiger partial charge in [-0.1, -0.05) is 149 Å². The van der Waals surface area contributed by atoms with Crippen molar-refractivity contribution in [2.45, 2.75) is 238 Å². The molecule has 0 amide bonds. The zero-order valence-corrected chi connectivity index (χ0v) is 34.6. The van der Waals surface area contributed by atoms with Gasteiger partial charge in [0.2, 0.25) is 0 Å². The molecule has 0 atom stereocenters. The normalized spacial score (nSPS) is 10.2. The van der Waals surface area contributed by atoms with Crippen molar-refractivity contribution in [1.29, 1.82) is 0 Å². The van der Waals surface area contributed by atoms with Crippen molar-refractivity contribution in [3.63, 3.8) is 0 Å². The van der Waals surface area contributed by atoms with Gasteiger partial charge in [0.25, 0.3) is 0 Å². The van der Waals surface area contributed by atoms with Crippen molar-refractivity contribution < 1.29 is 29.7 Å². The van der Waals surface area contributed by atoms with Crippen molar-refractivity contribution in [2.24, 2.45) is 0 Å². The zero-order valence-electron chi connectivity index (χ0n) is 31.8. The first-order chi connectivity index (χ1) is 22.7. The molecule has 0 aromatic rings. The van der Waals surface area contributed by atoms with Crippen LogP contribution < -0.4 is 15.3 Å². The van der Waals surface area contributed by atoms with Gasteiger partial charge in [-0.3, -0.25) is 0 Å². The summed E-state index contributed by atoms with van der Waals surface area (Å²) in [4.78, 5) is 30.1. The van der Waals surface area contributed by atoms with Gasteiger partial charge in [-0.2, -0.15) is 0 Å². The molecule has 0 unspecified atom stereocenters. The average Bonchev–Trinajstić information content (AvgIpc) is 3.03. The molecule has 6 nitrogen and oxygen atoms in total. The van der Waals surface area contributed by atoms with Crippen LogP contribution in [0.1, 0.15) is 233 Å². The molecule has 0 fully saturated rings. The minimum absolute atomic E-state index is 0.226. The molecule has 0 radical (unpaired) electrons. The summed E-state index contributed by atoms with van der Waals surface area (Å²) >= 11 is 1.71. The summed E-state index contributed by atoms with van der Waals surface area (Å²) in [6.45, 7) is 8.85. The van der Waals surface area contributed by atoms with Crippen LogP contribution in [0.5, 0.6) is 0 Å². The molecule has 0 saturated carbocycles. The Balaban J connectivity index is -0.000000267. The number of hydrogen-bond acceptors (Lipinski definition) is 6. The number of hydrogen-bond donors (Lipinski definition) is 0. The van der Waals surface area contributed by atoms with Gasteiger partial charge in [-0.15, -0.1) is 0 Å². The Kier molecular flexibility index (Phi) is 58.7. The van der Waals surface area contributed by atoms with Crippen LogP contribution in [-0.4, -0.2) is 40.4 Å². The van der Waals surface area contributed by atoms with E-state index in [0.717, 1.165) is 44.9 Å². The fraction of sp³-hybridized carbons (Fsp3) is 0.925. The van der Waals surface area contributed by atoms with E-state index >= 15 is 0 Å². The molecule has 0 aromatic heterocycles. The molecular weight excluding hydrogens is 695 g/mol. The van der Waals surface area contributed by atoms with Gasteiger partial charge >= 0.3 is 72.4 Å². The molecule has 0 aliphatic carbocycles. The number of rotatable bonds is 32. The fourth-order valence-corrected chi connectivity index (χ4v) is 5.65. The Labute approximate surface area is 306 Å².